The Kier molecular flexibility index (Phi) is 5.07. The summed E-state index contributed by atoms with van der Waals surface area (Å²) in [4.78, 5) is 2.62. The third kappa shape index (κ3) is 3.46. The van der Waals surface area contributed by atoms with E-state index in [1.54, 1.807) is 0 Å². The molecule has 1 fully saturated rings. The van der Waals surface area contributed by atoms with E-state index in [4.69, 9.17) is 5.73 Å². The maximum atomic E-state index is 5.97. The van der Waals surface area contributed by atoms with E-state index in [1.165, 1.54) is 45.2 Å². The number of likely N-dealkylation sites (tertiary alicyclic amines) is 1. The van der Waals surface area contributed by atoms with Crippen molar-refractivity contribution in [2.24, 2.45) is 11.7 Å². The van der Waals surface area contributed by atoms with Gasteiger partial charge in [-0.25, -0.2) is 0 Å². The molecule has 2 nitrogen and oxygen atoms in total. The molecule has 90 valence electrons. The first-order chi connectivity index (χ1) is 7.12. The Hall–Kier alpha value is -0.0800. The van der Waals surface area contributed by atoms with Crippen molar-refractivity contribution in [3.05, 3.63) is 0 Å². The molecule has 2 atom stereocenters. The summed E-state index contributed by atoms with van der Waals surface area (Å²) in [6, 6.07) is 0. The molecule has 0 bridgehead atoms. The van der Waals surface area contributed by atoms with Crippen LogP contribution in [0.25, 0.3) is 0 Å². The van der Waals surface area contributed by atoms with Crippen molar-refractivity contribution in [1.29, 1.82) is 0 Å². The molecular formula is C13H28N2. The van der Waals surface area contributed by atoms with Crippen molar-refractivity contribution in [2.45, 2.75) is 58.4 Å². The third-order valence-electron chi connectivity index (χ3n) is 3.95. The molecule has 1 rings (SSSR count). The second-order valence-corrected chi connectivity index (χ2v) is 5.50. The molecular weight excluding hydrogens is 184 g/mol. The number of hydrogen-bond acceptors (Lipinski definition) is 2. The fraction of sp³-hybridized carbons (Fsp3) is 1.00. The molecule has 0 aliphatic carbocycles. The maximum Gasteiger partial charge on any atom is 0.0303 e. The Balaban J connectivity index is 2.43. The van der Waals surface area contributed by atoms with Gasteiger partial charge in [-0.15, -0.1) is 0 Å². The molecule has 2 N–H and O–H groups in total. The standard InChI is InChI=1S/C13H28N2/c1-4-5-6-8-13(3,11-14)15-9-7-12(2)10-15/h12H,4-11,14H2,1-3H3. The van der Waals surface area contributed by atoms with Crippen molar-refractivity contribution in [3.8, 4) is 0 Å². The number of rotatable bonds is 6. The van der Waals surface area contributed by atoms with E-state index in [2.05, 4.69) is 25.7 Å². The van der Waals surface area contributed by atoms with Crippen LogP contribution in [-0.2, 0) is 0 Å². The second kappa shape index (κ2) is 5.86. The summed E-state index contributed by atoms with van der Waals surface area (Å²) in [6.07, 6.45) is 6.60. The Morgan fingerprint density at radius 2 is 2.13 bits per heavy atom. The minimum absolute atomic E-state index is 0.264. The zero-order chi connectivity index (χ0) is 11.3. The van der Waals surface area contributed by atoms with Crippen molar-refractivity contribution < 1.29 is 0 Å². The molecule has 0 aromatic carbocycles. The summed E-state index contributed by atoms with van der Waals surface area (Å²) >= 11 is 0. The quantitative estimate of drug-likeness (QED) is 0.686. The van der Waals surface area contributed by atoms with Gasteiger partial charge in [0.25, 0.3) is 0 Å². The lowest BCUT2D eigenvalue weighted by Gasteiger charge is -2.38. The van der Waals surface area contributed by atoms with E-state index >= 15 is 0 Å². The summed E-state index contributed by atoms with van der Waals surface area (Å²) in [5, 5.41) is 0. The Bertz CT molecular complexity index is 181. The van der Waals surface area contributed by atoms with E-state index < -0.39 is 0 Å². The van der Waals surface area contributed by atoms with Gasteiger partial charge in [0.2, 0.25) is 0 Å². The van der Waals surface area contributed by atoms with Gasteiger partial charge in [-0.2, -0.15) is 0 Å². The van der Waals surface area contributed by atoms with Crippen molar-refractivity contribution in [1.82, 2.24) is 4.90 Å². The van der Waals surface area contributed by atoms with Gasteiger partial charge < -0.3 is 5.73 Å². The van der Waals surface area contributed by atoms with Crippen LogP contribution in [0.15, 0.2) is 0 Å². The smallest absolute Gasteiger partial charge is 0.0303 e. The Morgan fingerprint density at radius 3 is 2.60 bits per heavy atom. The molecule has 1 aliphatic heterocycles. The third-order valence-corrected chi connectivity index (χ3v) is 3.95. The zero-order valence-electron chi connectivity index (χ0n) is 10.8. The van der Waals surface area contributed by atoms with Crippen LogP contribution in [0.2, 0.25) is 0 Å². The van der Waals surface area contributed by atoms with Crippen LogP contribution in [0.1, 0.15) is 52.9 Å². The first kappa shape index (κ1) is 13.0. The van der Waals surface area contributed by atoms with E-state index in [1.807, 2.05) is 0 Å². The van der Waals surface area contributed by atoms with Crippen molar-refractivity contribution in [2.75, 3.05) is 19.6 Å². The van der Waals surface area contributed by atoms with Gasteiger partial charge >= 0.3 is 0 Å². The minimum Gasteiger partial charge on any atom is -0.329 e. The van der Waals surface area contributed by atoms with Gasteiger partial charge in [-0.1, -0.05) is 33.1 Å². The number of unbranched alkanes of at least 4 members (excludes halogenated alkanes) is 2. The van der Waals surface area contributed by atoms with E-state index in [0.29, 0.717) is 0 Å². The van der Waals surface area contributed by atoms with Gasteiger partial charge in [-0.05, 0) is 32.2 Å². The fourth-order valence-electron chi connectivity index (χ4n) is 2.57. The van der Waals surface area contributed by atoms with E-state index in [0.717, 1.165) is 12.5 Å². The van der Waals surface area contributed by atoms with Crippen molar-refractivity contribution in [3.63, 3.8) is 0 Å². The largest absolute Gasteiger partial charge is 0.329 e. The number of nitrogens with zero attached hydrogens (tertiary/aromatic N) is 1. The van der Waals surface area contributed by atoms with Crippen molar-refractivity contribution >= 4 is 0 Å². The topological polar surface area (TPSA) is 29.3 Å². The highest BCUT2D eigenvalue weighted by Crippen LogP contribution is 2.28. The highest BCUT2D eigenvalue weighted by Gasteiger charge is 2.33. The Labute approximate surface area is 95.2 Å². The molecule has 0 aromatic heterocycles. The van der Waals surface area contributed by atoms with Crippen LogP contribution in [-0.4, -0.2) is 30.1 Å². The molecule has 0 radical (unpaired) electrons. The van der Waals surface area contributed by atoms with Crippen LogP contribution >= 0.6 is 0 Å². The molecule has 2 heteroatoms. The van der Waals surface area contributed by atoms with Crippen LogP contribution < -0.4 is 5.73 Å². The van der Waals surface area contributed by atoms with Gasteiger partial charge in [0.1, 0.15) is 0 Å². The molecule has 2 unspecified atom stereocenters. The Morgan fingerprint density at radius 1 is 1.40 bits per heavy atom. The predicted molar refractivity (Wildman–Crippen MR) is 67.0 cm³/mol. The zero-order valence-corrected chi connectivity index (χ0v) is 10.8. The SMILES string of the molecule is CCCCCC(C)(CN)N1CCC(C)C1. The van der Waals surface area contributed by atoms with E-state index in [9.17, 15) is 0 Å². The summed E-state index contributed by atoms with van der Waals surface area (Å²) < 4.78 is 0. The van der Waals surface area contributed by atoms with Crippen LogP contribution in [0, 0.1) is 5.92 Å². The highest BCUT2D eigenvalue weighted by molar-refractivity contribution is 4.91. The van der Waals surface area contributed by atoms with Gasteiger partial charge in [-0.3, -0.25) is 4.90 Å². The summed E-state index contributed by atoms with van der Waals surface area (Å²) in [7, 11) is 0. The van der Waals surface area contributed by atoms with Gasteiger partial charge in [0.05, 0.1) is 0 Å². The highest BCUT2D eigenvalue weighted by atomic mass is 15.2. The lowest BCUT2D eigenvalue weighted by atomic mass is 9.92. The molecule has 0 saturated carbocycles. The fourth-order valence-corrected chi connectivity index (χ4v) is 2.57. The number of hydrogen-bond donors (Lipinski definition) is 1. The first-order valence-electron chi connectivity index (χ1n) is 6.57. The monoisotopic (exact) mass is 212 g/mol. The van der Waals surface area contributed by atoms with Crippen LogP contribution in [0.3, 0.4) is 0 Å². The molecule has 15 heavy (non-hydrogen) atoms. The van der Waals surface area contributed by atoms with Gasteiger partial charge in [0.15, 0.2) is 0 Å². The lowest BCUT2D eigenvalue weighted by molar-refractivity contribution is 0.125. The second-order valence-electron chi connectivity index (χ2n) is 5.50. The lowest BCUT2D eigenvalue weighted by Crippen LogP contribution is -2.50. The molecule has 1 aliphatic rings. The normalized spacial score (nSPS) is 26.8. The van der Waals surface area contributed by atoms with E-state index in [-0.39, 0.29) is 5.54 Å². The summed E-state index contributed by atoms with van der Waals surface area (Å²) in [5.74, 6) is 0.863. The minimum atomic E-state index is 0.264. The average Bonchev–Trinajstić information content (AvgIpc) is 2.65. The average molecular weight is 212 g/mol. The van der Waals surface area contributed by atoms with Crippen LogP contribution in [0.4, 0.5) is 0 Å². The summed E-state index contributed by atoms with van der Waals surface area (Å²) in [5.41, 5.74) is 6.24. The predicted octanol–water partition coefficient (Wildman–Crippen LogP) is 2.63. The molecule has 0 aromatic rings. The number of nitrogens with two attached hydrogens (primary N) is 1. The maximum absolute atomic E-state index is 5.97. The van der Waals surface area contributed by atoms with Gasteiger partial charge in [0, 0.05) is 18.6 Å². The summed E-state index contributed by atoms with van der Waals surface area (Å²) in [6.45, 7) is 10.3. The molecule has 1 heterocycles. The first-order valence-corrected chi connectivity index (χ1v) is 6.57. The molecule has 0 amide bonds. The molecule has 0 spiro atoms. The molecule has 1 saturated heterocycles. The van der Waals surface area contributed by atoms with Crippen LogP contribution in [0.5, 0.6) is 0 Å².